The van der Waals surface area contributed by atoms with E-state index in [-0.39, 0.29) is 5.91 Å². The Bertz CT molecular complexity index is 552. The van der Waals surface area contributed by atoms with Gasteiger partial charge in [0.05, 0.1) is 17.4 Å². The van der Waals surface area contributed by atoms with Gasteiger partial charge in [0, 0.05) is 32.4 Å². The molecule has 1 aromatic rings. The van der Waals surface area contributed by atoms with E-state index in [1.54, 1.807) is 7.11 Å². The largest absolute Gasteiger partial charge is 0.381 e. The van der Waals surface area contributed by atoms with Gasteiger partial charge in [0.25, 0.3) is 5.91 Å². The number of rotatable bonds is 4. The van der Waals surface area contributed by atoms with E-state index in [0.29, 0.717) is 17.9 Å². The highest BCUT2D eigenvalue weighted by atomic mass is 16.5. The standard InChI is InChI=1S/C17H27N3O2/c1-5-6-20-12(3)16(11(2)18-20)17(21)19-9-13-7-15(22-4)8-14(13)10-19/h13-15H,5-10H2,1-4H3/t13-,14+,15?. The number of fused-ring (bicyclic) bond motifs is 1. The molecule has 1 saturated carbocycles. The van der Waals surface area contributed by atoms with Crippen LogP contribution in [-0.4, -0.2) is 46.9 Å². The molecular formula is C17H27N3O2. The number of carbonyl (C=O) groups excluding carboxylic acids is 1. The van der Waals surface area contributed by atoms with Gasteiger partial charge in [0.15, 0.2) is 0 Å². The van der Waals surface area contributed by atoms with Crippen molar-refractivity contribution in [1.82, 2.24) is 14.7 Å². The molecule has 0 spiro atoms. The number of aromatic nitrogens is 2. The summed E-state index contributed by atoms with van der Waals surface area (Å²) in [6, 6.07) is 0. The summed E-state index contributed by atoms with van der Waals surface area (Å²) >= 11 is 0. The molecule has 122 valence electrons. The van der Waals surface area contributed by atoms with Crippen LogP contribution >= 0.6 is 0 Å². The summed E-state index contributed by atoms with van der Waals surface area (Å²) in [5, 5.41) is 4.54. The van der Waals surface area contributed by atoms with Crippen LogP contribution in [0.15, 0.2) is 0 Å². The maximum Gasteiger partial charge on any atom is 0.257 e. The van der Waals surface area contributed by atoms with Crippen LogP contribution in [0.2, 0.25) is 0 Å². The van der Waals surface area contributed by atoms with E-state index < -0.39 is 0 Å². The fourth-order valence-electron chi connectivity index (χ4n) is 4.20. The number of nitrogens with zero attached hydrogens (tertiary/aromatic N) is 3. The fraction of sp³-hybridized carbons (Fsp3) is 0.765. The minimum Gasteiger partial charge on any atom is -0.381 e. The molecule has 0 N–H and O–H groups in total. The maximum absolute atomic E-state index is 12.9. The highest BCUT2D eigenvalue weighted by Gasteiger charge is 2.43. The van der Waals surface area contributed by atoms with Gasteiger partial charge in [0.1, 0.15) is 0 Å². The minimum atomic E-state index is 0.167. The number of hydrogen-bond donors (Lipinski definition) is 0. The number of amides is 1. The second-order valence-corrected chi connectivity index (χ2v) is 6.83. The van der Waals surface area contributed by atoms with Gasteiger partial charge >= 0.3 is 0 Å². The molecule has 2 aliphatic rings. The highest BCUT2D eigenvalue weighted by Crippen LogP contribution is 2.39. The molecule has 2 heterocycles. The maximum atomic E-state index is 12.9. The van der Waals surface area contributed by atoms with Crippen molar-refractivity contribution in [2.24, 2.45) is 11.8 Å². The van der Waals surface area contributed by atoms with Gasteiger partial charge in [-0.3, -0.25) is 9.48 Å². The number of aryl methyl sites for hydroxylation is 2. The molecule has 1 aromatic heterocycles. The second kappa shape index (κ2) is 6.03. The average Bonchev–Trinajstić information content (AvgIpc) is 3.11. The molecule has 1 saturated heterocycles. The van der Waals surface area contributed by atoms with Crippen LogP contribution in [0.4, 0.5) is 0 Å². The van der Waals surface area contributed by atoms with Gasteiger partial charge in [-0.2, -0.15) is 5.10 Å². The molecule has 0 aromatic carbocycles. The van der Waals surface area contributed by atoms with E-state index >= 15 is 0 Å². The Kier molecular flexibility index (Phi) is 4.26. The number of hydrogen-bond acceptors (Lipinski definition) is 3. The monoisotopic (exact) mass is 305 g/mol. The SMILES string of the molecule is CCCn1nc(C)c(C(=O)N2C[C@H]3CC(OC)C[C@H]3C2)c1C. The lowest BCUT2D eigenvalue weighted by atomic mass is 10.0. The van der Waals surface area contributed by atoms with E-state index in [1.807, 2.05) is 23.4 Å². The van der Waals surface area contributed by atoms with E-state index in [0.717, 1.165) is 55.8 Å². The summed E-state index contributed by atoms with van der Waals surface area (Å²) in [7, 11) is 1.80. The Hall–Kier alpha value is -1.36. The van der Waals surface area contributed by atoms with Gasteiger partial charge in [-0.1, -0.05) is 6.92 Å². The molecule has 5 nitrogen and oxygen atoms in total. The first kappa shape index (κ1) is 15.5. The zero-order chi connectivity index (χ0) is 15.9. The molecule has 0 radical (unpaired) electrons. The van der Waals surface area contributed by atoms with E-state index in [2.05, 4.69) is 12.0 Å². The zero-order valence-corrected chi connectivity index (χ0v) is 14.1. The Morgan fingerprint density at radius 1 is 1.27 bits per heavy atom. The molecule has 1 aliphatic carbocycles. The summed E-state index contributed by atoms with van der Waals surface area (Å²) in [6.07, 6.45) is 3.61. The second-order valence-electron chi connectivity index (χ2n) is 6.83. The molecule has 2 fully saturated rings. The fourth-order valence-corrected chi connectivity index (χ4v) is 4.20. The van der Waals surface area contributed by atoms with Crippen molar-refractivity contribution in [1.29, 1.82) is 0 Å². The predicted molar refractivity (Wildman–Crippen MR) is 84.9 cm³/mol. The molecule has 0 bridgehead atoms. The lowest BCUT2D eigenvalue weighted by molar-refractivity contribution is 0.0730. The third-order valence-corrected chi connectivity index (χ3v) is 5.36. The van der Waals surface area contributed by atoms with Crippen molar-refractivity contribution in [3.8, 4) is 0 Å². The Labute approximate surface area is 132 Å². The van der Waals surface area contributed by atoms with Crippen molar-refractivity contribution in [3.05, 3.63) is 17.0 Å². The lowest BCUT2D eigenvalue weighted by Crippen LogP contribution is -2.31. The third kappa shape index (κ3) is 2.56. The average molecular weight is 305 g/mol. The van der Waals surface area contributed by atoms with Gasteiger partial charge in [-0.05, 0) is 44.9 Å². The molecule has 22 heavy (non-hydrogen) atoms. The molecule has 3 rings (SSSR count). The molecule has 1 amide bonds. The van der Waals surface area contributed by atoms with E-state index in [4.69, 9.17) is 4.74 Å². The van der Waals surface area contributed by atoms with E-state index in [9.17, 15) is 4.79 Å². The number of methoxy groups -OCH3 is 1. The summed E-state index contributed by atoms with van der Waals surface area (Å²) in [5.74, 6) is 1.39. The molecular weight excluding hydrogens is 278 g/mol. The van der Waals surface area contributed by atoms with Crippen LogP contribution in [-0.2, 0) is 11.3 Å². The van der Waals surface area contributed by atoms with Gasteiger partial charge in [-0.25, -0.2) is 0 Å². The zero-order valence-electron chi connectivity index (χ0n) is 14.1. The molecule has 3 atom stereocenters. The Morgan fingerprint density at radius 2 is 1.91 bits per heavy atom. The van der Waals surface area contributed by atoms with Crippen molar-refractivity contribution < 1.29 is 9.53 Å². The third-order valence-electron chi connectivity index (χ3n) is 5.36. The minimum absolute atomic E-state index is 0.167. The molecule has 1 aliphatic heterocycles. The van der Waals surface area contributed by atoms with Crippen LogP contribution in [0.5, 0.6) is 0 Å². The first-order chi connectivity index (χ1) is 10.5. The van der Waals surface area contributed by atoms with Crippen molar-refractivity contribution >= 4 is 5.91 Å². The van der Waals surface area contributed by atoms with Crippen LogP contribution in [0.1, 0.15) is 47.9 Å². The summed E-state index contributed by atoms with van der Waals surface area (Å²) in [6.45, 7) is 8.72. The van der Waals surface area contributed by atoms with Crippen molar-refractivity contribution in [3.63, 3.8) is 0 Å². The first-order valence-electron chi connectivity index (χ1n) is 8.41. The molecule has 5 heteroatoms. The summed E-state index contributed by atoms with van der Waals surface area (Å²) in [5.41, 5.74) is 2.69. The normalized spacial score (nSPS) is 27.5. The molecule has 1 unspecified atom stereocenters. The van der Waals surface area contributed by atoms with Crippen LogP contribution in [0.25, 0.3) is 0 Å². The van der Waals surface area contributed by atoms with Crippen molar-refractivity contribution in [2.45, 2.75) is 52.7 Å². The van der Waals surface area contributed by atoms with E-state index in [1.165, 1.54) is 0 Å². The van der Waals surface area contributed by atoms with Crippen LogP contribution in [0, 0.1) is 25.7 Å². The number of carbonyl (C=O) groups is 1. The van der Waals surface area contributed by atoms with Gasteiger partial charge < -0.3 is 9.64 Å². The predicted octanol–water partition coefficient (Wildman–Crippen LogP) is 2.41. The Balaban J connectivity index is 1.74. The van der Waals surface area contributed by atoms with Gasteiger partial charge in [-0.15, -0.1) is 0 Å². The lowest BCUT2D eigenvalue weighted by Gasteiger charge is -2.19. The number of ether oxygens (including phenoxy) is 1. The summed E-state index contributed by atoms with van der Waals surface area (Å²) < 4.78 is 7.45. The summed E-state index contributed by atoms with van der Waals surface area (Å²) in [4.78, 5) is 15.0. The van der Waals surface area contributed by atoms with Gasteiger partial charge in [0.2, 0.25) is 0 Å². The smallest absolute Gasteiger partial charge is 0.257 e. The highest BCUT2D eigenvalue weighted by molar-refractivity contribution is 5.96. The number of likely N-dealkylation sites (tertiary alicyclic amines) is 1. The van der Waals surface area contributed by atoms with Crippen LogP contribution < -0.4 is 0 Å². The quantitative estimate of drug-likeness (QED) is 0.858. The topological polar surface area (TPSA) is 47.4 Å². The van der Waals surface area contributed by atoms with Crippen molar-refractivity contribution in [2.75, 3.05) is 20.2 Å². The van der Waals surface area contributed by atoms with Crippen LogP contribution in [0.3, 0.4) is 0 Å². The first-order valence-corrected chi connectivity index (χ1v) is 8.41. The Morgan fingerprint density at radius 3 is 2.45 bits per heavy atom.